The fraction of sp³-hybridized carbons (Fsp3) is 0.400. The lowest BCUT2D eigenvalue weighted by Gasteiger charge is -2.18. The first-order valence-corrected chi connectivity index (χ1v) is 4.94. The van der Waals surface area contributed by atoms with Gasteiger partial charge in [-0.25, -0.2) is 0 Å². The summed E-state index contributed by atoms with van der Waals surface area (Å²) in [5.74, 6) is -1.03. The van der Waals surface area contributed by atoms with E-state index in [0.717, 1.165) is 0 Å². The topological polar surface area (TPSA) is 81.1 Å². The Labute approximate surface area is 91.6 Å². The molecule has 0 spiro atoms. The highest BCUT2D eigenvalue weighted by atomic mass is 16.2. The van der Waals surface area contributed by atoms with Crippen LogP contribution in [0.2, 0.25) is 0 Å². The molecule has 1 aliphatic heterocycles. The molecule has 16 heavy (non-hydrogen) atoms. The van der Waals surface area contributed by atoms with Crippen molar-refractivity contribution in [3.63, 3.8) is 0 Å². The molecular weight excluding hydrogens is 210 g/mol. The molecule has 1 aromatic heterocycles. The summed E-state index contributed by atoms with van der Waals surface area (Å²) in [5, 5.41) is 6.35. The monoisotopic (exact) mass is 221 g/mol. The van der Waals surface area contributed by atoms with Crippen molar-refractivity contribution in [2.75, 3.05) is 0 Å². The van der Waals surface area contributed by atoms with Crippen molar-refractivity contribution in [2.24, 2.45) is 7.05 Å². The van der Waals surface area contributed by atoms with Gasteiger partial charge in [-0.15, -0.1) is 0 Å². The number of hydrogen-bond donors (Lipinski definition) is 1. The van der Waals surface area contributed by atoms with Gasteiger partial charge in [0.2, 0.25) is 11.8 Å². The van der Waals surface area contributed by atoms with E-state index in [1.807, 2.05) is 0 Å². The van der Waals surface area contributed by atoms with Crippen LogP contribution < -0.4 is 5.32 Å². The second-order valence-electron chi connectivity index (χ2n) is 3.74. The number of nitrogens with zero attached hydrogens (tertiary/aromatic N) is 2. The Balaban J connectivity index is 2.26. The van der Waals surface area contributed by atoms with Crippen molar-refractivity contribution < 1.29 is 14.4 Å². The second kappa shape index (κ2) is 3.88. The number of piperidine rings is 1. The number of aromatic nitrogens is 2. The van der Waals surface area contributed by atoms with Crippen molar-refractivity contribution >= 4 is 18.1 Å². The number of rotatable bonds is 2. The third-order valence-corrected chi connectivity index (χ3v) is 2.65. The van der Waals surface area contributed by atoms with E-state index >= 15 is 0 Å². The van der Waals surface area contributed by atoms with Crippen LogP contribution >= 0.6 is 0 Å². The molecule has 2 rings (SSSR count). The fourth-order valence-electron chi connectivity index (χ4n) is 1.76. The van der Waals surface area contributed by atoms with Gasteiger partial charge in [-0.2, -0.15) is 5.10 Å². The number of amides is 2. The van der Waals surface area contributed by atoms with E-state index in [0.29, 0.717) is 30.5 Å². The fourth-order valence-corrected chi connectivity index (χ4v) is 1.76. The maximum atomic E-state index is 11.5. The zero-order valence-electron chi connectivity index (χ0n) is 8.77. The second-order valence-corrected chi connectivity index (χ2v) is 3.74. The first-order valence-electron chi connectivity index (χ1n) is 4.94. The van der Waals surface area contributed by atoms with E-state index in [2.05, 4.69) is 10.4 Å². The van der Waals surface area contributed by atoms with Crippen LogP contribution in [0.3, 0.4) is 0 Å². The molecule has 1 aliphatic rings. The van der Waals surface area contributed by atoms with Gasteiger partial charge in [-0.05, 0) is 12.5 Å². The number of carbonyl (C=O) groups is 3. The molecule has 0 radical (unpaired) electrons. The van der Waals surface area contributed by atoms with E-state index in [9.17, 15) is 14.4 Å². The van der Waals surface area contributed by atoms with Crippen molar-refractivity contribution in [3.8, 4) is 0 Å². The number of aldehydes is 1. The predicted octanol–water partition coefficient (Wildman–Crippen LogP) is -0.247. The summed E-state index contributed by atoms with van der Waals surface area (Å²) >= 11 is 0. The van der Waals surface area contributed by atoms with Gasteiger partial charge in [0, 0.05) is 13.5 Å². The summed E-state index contributed by atoms with van der Waals surface area (Å²) in [7, 11) is 1.64. The molecule has 6 nitrogen and oxygen atoms in total. The van der Waals surface area contributed by atoms with Gasteiger partial charge in [0.15, 0.2) is 6.29 Å². The smallest absolute Gasteiger partial charge is 0.235 e. The normalized spacial score (nSPS) is 20.7. The van der Waals surface area contributed by atoms with Gasteiger partial charge in [0.05, 0.1) is 11.6 Å². The third-order valence-electron chi connectivity index (χ3n) is 2.65. The van der Waals surface area contributed by atoms with E-state index in [4.69, 9.17) is 0 Å². The minimum atomic E-state index is -0.433. The predicted molar refractivity (Wildman–Crippen MR) is 53.7 cm³/mol. The molecule has 1 unspecified atom stereocenters. The Morgan fingerprint density at radius 1 is 1.56 bits per heavy atom. The van der Waals surface area contributed by atoms with Gasteiger partial charge in [-0.3, -0.25) is 24.4 Å². The molecule has 1 aromatic rings. The lowest BCUT2D eigenvalue weighted by Crippen LogP contribution is -2.39. The van der Waals surface area contributed by atoms with Crippen LogP contribution in [0, 0.1) is 0 Å². The van der Waals surface area contributed by atoms with E-state index in [-0.39, 0.29) is 11.8 Å². The summed E-state index contributed by atoms with van der Waals surface area (Å²) in [5.41, 5.74) is 0.953. The number of hydrogen-bond acceptors (Lipinski definition) is 4. The molecule has 84 valence electrons. The van der Waals surface area contributed by atoms with Crippen LogP contribution in [0.15, 0.2) is 6.07 Å². The minimum Gasteiger partial charge on any atom is -0.296 e. The van der Waals surface area contributed by atoms with Crippen molar-refractivity contribution in [2.45, 2.75) is 18.8 Å². The molecule has 1 saturated heterocycles. The van der Waals surface area contributed by atoms with Crippen LogP contribution in [0.4, 0.5) is 0 Å². The summed E-state index contributed by atoms with van der Waals surface area (Å²) in [6.45, 7) is 0. The Morgan fingerprint density at radius 2 is 2.31 bits per heavy atom. The summed E-state index contributed by atoms with van der Waals surface area (Å²) in [6, 6.07) is 1.58. The summed E-state index contributed by atoms with van der Waals surface area (Å²) < 4.78 is 1.42. The highest BCUT2D eigenvalue weighted by Gasteiger charge is 2.30. The number of imide groups is 1. The van der Waals surface area contributed by atoms with Crippen LogP contribution in [0.5, 0.6) is 0 Å². The Kier molecular flexibility index (Phi) is 2.55. The third kappa shape index (κ3) is 1.73. The first-order chi connectivity index (χ1) is 7.61. The number of carbonyl (C=O) groups excluding carboxylic acids is 3. The Morgan fingerprint density at radius 3 is 2.88 bits per heavy atom. The lowest BCUT2D eigenvalue weighted by atomic mass is 9.95. The molecule has 0 bridgehead atoms. The molecule has 0 aliphatic carbocycles. The van der Waals surface area contributed by atoms with Gasteiger partial charge in [0.1, 0.15) is 5.69 Å². The molecule has 1 fully saturated rings. The van der Waals surface area contributed by atoms with Crippen LogP contribution in [0.25, 0.3) is 0 Å². The molecule has 1 N–H and O–H groups in total. The van der Waals surface area contributed by atoms with Crippen LogP contribution in [0.1, 0.15) is 34.9 Å². The van der Waals surface area contributed by atoms with Crippen molar-refractivity contribution in [3.05, 3.63) is 17.5 Å². The Hall–Kier alpha value is -1.98. The van der Waals surface area contributed by atoms with Gasteiger partial charge < -0.3 is 0 Å². The molecule has 0 saturated carbocycles. The van der Waals surface area contributed by atoms with Gasteiger partial charge in [0.25, 0.3) is 0 Å². The number of aryl methyl sites for hydroxylation is 1. The largest absolute Gasteiger partial charge is 0.296 e. The average molecular weight is 221 g/mol. The number of nitrogens with one attached hydrogen (secondary N) is 1. The molecule has 0 aromatic carbocycles. The average Bonchev–Trinajstić information content (AvgIpc) is 2.59. The lowest BCUT2D eigenvalue weighted by molar-refractivity contribution is -0.134. The molecule has 1 atom stereocenters. The SMILES string of the molecule is Cn1nc(C2CCC(=O)NC2=O)cc1C=O. The van der Waals surface area contributed by atoms with Crippen LogP contribution in [-0.2, 0) is 16.6 Å². The standard InChI is InChI=1S/C10H11N3O3/c1-13-6(5-14)4-8(12-13)7-2-3-9(15)11-10(7)16/h4-5,7H,2-3H2,1H3,(H,11,15,16). The highest BCUT2D eigenvalue weighted by molar-refractivity contribution is 6.00. The van der Waals surface area contributed by atoms with Gasteiger partial charge in [-0.1, -0.05) is 0 Å². The van der Waals surface area contributed by atoms with E-state index < -0.39 is 5.92 Å². The van der Waals surface area contributed by atoms with E-state index in [1.54, 1.807) is 13.1 Å². The molecule has 2 heterocycles. The first kappa shape index (κ1) is 10.5. The minimum absolute atomic E-state index is 0.257. The molecule has 6 heteroatoms. The van der Waals surface area contributed by atoms with Crippen LogP contribution in [-0.4, -0.2) is 27.9 Å². The zero-order chi connectivity index (χ0) is 11.7. The highest BCUT2D eigenvalue weighted by Crippen LogP contribution is 2.23. The maximum absolute atomic E-state index is 11.5. The Bertz CT molecular complexity index is 464. The zero-order valence-corrected chi connectivity index (χ0v) is 8.77. The summed E-state index contributed by atoms with van der Waals surface area (Å²) in [6.07, 6.45) is 1.44. The summed E-state index contributed by atoms with van der Waals surface area (Å²) in [4.78, 5) is 33.2. The van der Waals surface area contributed by atoms with E-state index in [1.165, 1.54) is 4.68 Å². The molecule has 2 amide bonds. The van der Waals surface area contributed by atoms with Crippen molar-refractivity contribution in [1.29, 1.82) is 0 Å². The maximum Gasteiger partial charge on any atom is 0.235 e. The quantitative estimate of drug-likeness (QED) is 0.551. The van der Waals surface area contributed by atoms with Gasteiger partial charge >= 0.3 is 0 Å². The molecular formula is C10H11N3O3. The van der Waals surface area contributed by atoms with Crippen molar-refractivity contribution in [1.82, 2.24) is 15.1 Å².